The number of rotatable bonds is 4. The number of aromatic nitrogens is 3. The Hall–Kier alpha value is -3.07. The normalized spacial score (nSPS) is 10.2. The van der Waals surface area contributed by atoms with Gasteiger partial charge in [0.05, 0.1) is 22.8 Å². The Labute approximate surface area is 129 Å². The quantitative estimate of drug-likeness (QED) is 0.709. The van der Waals surface area contributed by atoms with Crippen LogP contribution < -0.4 is 0 Å². The molecular formula is C19H15N3. The lowest BCUT2D eigenvalue weighted by molar-refractivity contribution is 1.21. The van der Waals surface area contributed by atoms with Gasteiger partial charge >= 0.3 is 0 Å². The predicted molar refractivity (Wildman–Crippen MR) is 90.9 cm³/mol. The molecule has 22 heavy (non-hydrogen) atoms. The molecule has 3 aromatic heterocycles. The smallest absolute Gasteiger partial charge is 0.0894 e. The van der Waals surface area contributed by atoms with Crippen LogP contribution in [0, 0.1) is 0 Å². The SMILES string of the molecule is C=Cc1ccnc(-c2cccc(-c3cc(C=C)ccn3)n2)c1. The van der Waals surface area contributed by atoms with E-state index in [1.807, 2.05) is 42.5 Å². The van der Waals surface area contributed by atoms with E-state index in [1.54, 1.807) is 24.5 Å². The van der Waals surface area contributed by atoms with E-state index in [0.717, 1.165) is 33.9 Å². The third-order valence-electron chi connectivity index (χ3n) is 3.31. The zero-order valence-corrected chi connectivity index (χ0v) is 12.1. The molecule has 0 spiro atoms. The third-order valence-corrected chi connectivity index (χ3v) is 3.31. The lowest BCUT2D eigenvalue weighted by Crippen LogP contribution is -1.92. The lowest BCUT2D eigenvalue weighted by atomic mass is 10.1. The highest BCUT2D eigenvalue weighted by Crippen LogP contribution is 2.21. The molecule has 0 amide bonds. The predicted octanol–water partition coefficient (Wildman–Crippen LogP) is 4.49. The topological polar surface area (TPSA) is 38.7 Å². The summed E-state index contributed by atoms with van der Waals surface area (Å²) in [6.45, 7) is 7.56. The van der Waals surface area contributed by atoms with E-state index in [2.05, 4.69) is 28.1 Å². The van der Waals surface area contributed by atoms with Crippen molar-refractivity contribution in [2.45, 2.75) is 0 Å². The lowest BCUT2D eigenvalue weighted by Gasteiger charge is -2.05. The van der Waals surface area contributed by atoms with Crippen LogP contribution in [-0.2, 0) is 0 Å². The van der Waals surface area contributed by atoms with Gasteiger partial charge in [0.2, 0.25) is 0 Å². The second kappa shape index (κ2) is 6.14. The van der Waals surface area contributed by atoms with Crippen LogP contribution in [0.5, 0.6) is 0 Å². The molecule has 3 heterocycles. The first-order chi connectivity index (χ1) is 10.8. The minimum Gasteiger partial charge on any atom is -0.255 e. The largest absolute Gasteiger partial charge is 0.255 e. The third kappa shape index (κ3) is 2.83. The summed E-state index contributed by atoms with van der Waals surface area (Å²) in [6, 6.07) is 13.6. The molecule has 3 nitrogen and oxygen atoms in total. The van der Waals surface area contributed by atoms with Crippen LogP contribution in [-0.4, -0.2) is 15.0 Å². The Balaban J connectivity index is 2.05. The molecule has 3 aromatic rings. The van der Waals surface area contributed by atoms with E-state index >= 15 is 0 Å². The molecule has 0 saturated carbocycles. The first-order valence-corrected chi connectivity index (χ1v) is 6.95. The first kappa shape index (κ1) is 13.9. The molecule has 0 aliphatic rings. The second-order valence-electron chi connectivity index (χ2n) is 4.77. The Bertz CT molecular complexity index is 771. The van der Waals surface area contributed by atoms with Crippen molar-refractivity contribution in [2.75, 3.05) is 0 Å². The molecule has 0 atom stereocenters. The van der Waals surface area contributed by atoms with Crippen molar-refractivity contribution in [2.24, 2.45) is 0 Å². The molecule has 3 rings (SSSR count). The number of nitrogens with zero attached hydrogens (tertiary/aromatic N) is 3. The van der Waals surface area contributed by atoms with Gasteiger partial charge in [0.15, 0.2) is 0 Å². The van der Waals surface area contributed by atoms with Gasteiger partial charge in [0, 0.05) is 12.4 Å². The van der Waals surface area contributed by atoms with Crippen molar-refractivity contribution in [3.05, 3.63) is 79.1 Å². The Morgan fingerprint density at radius 3 is 1.64 bits per heavy atom. The number of pyridine rings is 3. The first-order valence-electron chi connectivity index (χ1n) is 6.95. The standard InChI is InChI=1S/C19H15N3/c1-3-14-8-10-20-18(12-14)16-6-5-7-17(22-16)19-13-15(4-2)9-11-21-19/h3-13H,1-2H2. The van der Waals surface area contributed by atoms with Gasteiger partial charge in [0.1, 0.15) is 0 Å². The molecule has 0 aliphatic heterocycles. The van der Waals surface area contributed by atoms with Crippen molar-refractivity contribution in [1.82, 2.24) is 15.0 Å². The number of hydrogen-bond acceptors (Lipinski definition) is 3. The maximum atomic E-state index is 4.67. The van der Waals surface area contributed by atoms with Gasteiger partial charge in [-0.05, 0) is 47.5 Å². The van der Waals surface area contributed by atoms with Crippen LogP contribution in [0.3, 0.4) is 0 Å². The van der Waals surface area contributed by atoms with Gasteiger partial charge in [-0.2, -0.15) is 0 Å². The molecule has 3 heteroatoms. The summed E-state index contributed by atoms with van der Waals surface area (Å²) in [5, 5.41) is 0. The zero-order chi connectivity index (χ0) is 15.4. The van der Waals surface area contributed by atoms with E-state index in [1.165, 1.54) is 0 Å². The van der Waals surface area contributed by atoms with Crippen molar-refractivity contribution in [3.8, 4) is 22.8 Å². The fraction of sp³-hybridized carbons (Fsp3) is 0. The van der Waals surface area contributed by atoms with Gasteiger partial charge in [0.25, 0.3) is 0 Å². The van der Waals surface area contributed by atoms with Crippen molar-refractivity contribution < 1.29 is 0 Å². The van der Waals surface area contributed by atoms with Crippen LogP contribution in [0.15, 0.2) is 68.0 Å². The highest BCUT2D eigenvalue weighted by molar-refractivity contribution is 5.65. The fourth-order valence-electron chi connectivity index (χ4n) is 2.15. The second-order valence-corrected chi connectivity index (χ2v) is 4.77. The van der Waals surface area contributed by atoms with Gasteiger partial charge in [-0.3, -0.25) is 9.97 Å². The van der Waals surface area contributed by atoms with Crippen molar-refractivity contribution in [3.63, 3.8) is 0 Å². The highest BCUT2D eigenvalue weighted by atomic mass is 14.8. The molecule has 0 N–H and O–H groups in total. The van der Waals surface area contributed by atoms with Crippen LogP contribution in [0.4, 0.5) is 0 Å². The van der Waals surface area contributed by atoms with E-state index in [-0.39, 0.29) is 0 Å². The van der Waals surface area contributed by atoms with E-state index in [9.17, 15) is 0 Å². The molecule has 0 bridgehead atoms. The Morgan fingerprint density at radius 2 is 1.18 bits per heavy atom. The summed E-state index contributed by atoms with van der Waals surface area (Å²) < 4.78 is 0. The maximum absolute atomic E-state index is 4.67. The molecule has 0 aromatic carbocycles. The molecular weight excluding hydrogens is 270 g/mol. The van der Waals surface area contributed by atoms with E-state index in [4.69, 9.17) is 0 Å². The summed E-state index contributed by atoms with van der Waals surface area (Å²) in [5.41, 5.74) is 5.30. The van der Waals surface area contributed by atoms with Gasteiger partial charge < -0.3 is 0 Å². The summed E-state index contributed by atoms with van der Waals surface area (Å²) >= 11 is 0. The zero-order valence-electron chi connectivity index (χ0n) is 12.1. The highest BCUT2D eigenvalue weighted by Gasteiger charge is 2.06. The van der Waals surface area contributed by atoms with Crippen LogP contribution >= 0.6 is 0 Å². The molecule has 0 radical (unpaired) electrons. The Morgan fingerprint density at radius 1 is 0.682 bits per heavy atom. The maximum Gasteiger partial charge on any atom is 0.0894 e. The summed E-state index contributed by atoms with van der Waals surface area (Å²) in [5.74, 6) is 0. The minimum atomic E-state index is 0.812. The van der Waals surface area contributed by atoms with Crippen LogP contribution in [0.2, 0.25) is 0 Å². The molecule has 0 aliphatic carbocycles. The van der Waals surface area contributed by atoms with E-state index in [0.29, 0.717) is 0 Å². The number of hydrogen-bond donors (Lipinski definition) is 0. The van der Waals surface area contributed by atoms with Gasteiger partial charge in [-0.25, -0.2) is 4.98 Å². The van der Waals surface area contributed by atoms with Crippen LogP contribution in [0.25, 0.3) is 34.9 Å². The molecule has 0 fully saturated rings. The summed E-state index contributed by atoms with van der Waals surface area (Å²) in [4.78, 5) is 13.4. The van der Waals surface area contributed by atoms with Gasteiger partial charge in [-0.1, -0.05) is 31.4 Å². The van der Waals surface area contributed by atoms with E-state index < -0.39 is 0 Å². The molecule has 0 unspecified atom stereocenters. The summed E-state index contributed by atoms with van der Waals surface area (Å²) in [6.07, 6.45) is 7.11. The van der Waals surface area contributed by atoms with Gasteiger partial charge in [-0.15, -0.1) is 0 Å². The van der Waals surface area contributed by atoms with Crippen LogP contribution in [0.1, 0.15) is 11.1 Å². The average molecular weight is 285 g/mol. The molecule has 106 valence electrons. The minimum absolute atomic E-state index is 0.812. The monoisotopic (exact) mass is 285 g/mol. The average Bonchev–Trinajstić information content (AvgIpc) is 2.62. The summed E-state index contributed by atoms with van der Waals surface area (Å²) in [7, 11) is 0. The van der Waals surface area contributed by atoms with Crippen molar-refractivity contribution in [1.29, 1.82) is 0 Å². The Kier molecular flexibility index (Phi) is 3.88. The molecule has 0 saturated heterocycles. The van der Waals surface area contributed by atoms with Crippen molar-refractivity contribution >= 4 is 12.2 Å². The fourth-order valence-corrected chi connectivity index (χ4v) is 2.15.